The van der Waals surface area contributed by atoms with Gasteiger partial charge >= 0.3 is 5.97 Å². The Kier molecular flexibility index (Phi) is 7.57. The first-order chi connectivity index (χ1) is 19.8. The normalized spacial score (nSPS) is 30.5. The van der Waals surface area contributed by atoms with Gasteiger partial charge in [-0.3, -0.25) is 14.4 Å². The van der Waals surface area contributed by atoms with Crippen molar-refractivity contribution in [3.05, 3.63) is 51.6 Å². The van der Waals surface area contributed by atoms with Crippen molar-refractivity contribution in [1.29, 1.82) is 0 Å². The molecule has 1 saturated heterocycles. The number of rotatable bonds is 5. The molecule has 1 fully saturated rings. The van der Waals surface area contributed by atoms with E-state index in [1.165, 1.54) is 18.2 Å². The van der Waals surface area contributed by atoms with E-state index in [1.807, 2.05) is 4.90 Å². The molecule has 0 spiro atoms. The van der Waals surface area contributed by atoms with Crippen LogP contribution in [-0.4, -0.2) is 99.3 Å². The van der Waals surface area contributed by atoms with Crippen LogP contribution in [0, 0.1) is 0 Å². The largest absolute Gasteiger partial charge is 0.507 e. The number of phenols is 3. The maximum absolute atomic E-state index is 13.7. The molecule has 5 N–H and O–H groups in total. The smallest absolute Gasteiger partial charge is 0.316 e. The Morgan fingerprint density at radius 1 is 1.07 bits per heavy atom. The van der Waals surface area contributed by atoms with E-state index in [9.17, 15) is 39.9 Å². The summed E-state index contributed by atoms with van der Waals surface area (Å²) in [5.74, 6) is -6.36. The summed E-state index contributed by atoms with van der Waals surface area (Å²) in [7, 11) is 4.68. The number of hydrogen-bond donors (Lipinski definition) is 5. The average molecular weight is 586 g/mol. The Morgan fingerprint density at radius 3 is 2.33 bits per heavy atom. The summed E-state index contributed by atoms with van der Waals surface area (Å²) >= 11 is 0. The highest BCUT2D eigenvalue weighted by Gasteiger charge is 2.55. The number of benzene rings is 2. The predicted octanol–water partition coefficient (Wildman–Crippen LogP) is 1.86. The number of carbonyl (C=O) groups excluding carboxylic acids is 3. The molecular weight excluding hydrogens is 550 g/mol. The van der Waals surface area contributed by atoms with Crippen LogP contribution < -0.4 is 0 Å². The Labute approximate surface area is 242 Å². The SMILES string of the molecule is CC[C@@]1(O)CC(O[C@@H]2O[C@H](C)C[C@H](N(C)C)[C@H]2O)c2c(O)c3c(c(O)c2[C@H]1C(=O)OC)C(=O)c1cccc(O)c1C3=O. The summed E-state index contributed by atoms with van der Waals surface area (Å²) in [6, 6.07) is 3.51. The van der Waals surface area contributed by atoms with E-state index < -0.39 is 75.9 Å². The second kappa shape index (κ2) is 10.6. The number of methoxy groups -OCH3 is 1. The highest BCUT2D eigenvalue weighted by molar-refractivity contribution is 6.31. The second-order valence-electron chi connectivity index (χ2n) is 11.4. The highest BCUT2D eigenvalue weighted by atomic mass is 16.7. The number of carbonyl (C=O) groups is 3. The predicted molar refractivity (Wildman–Crippen MR) is 146 cm³/mol. The number of esters is 1. The van der Waals surface area contributed by atoms with Gasteiger partial charge in [-0.05, 0) is 39.9 Å². The van der Waals surface area contributed by atoms with E-state index >= 15 is 0 Å². The fourth-order valence-corrected chi connectivity index (χ4v) is 6.60. The summed E-state index contributed by atoms with van der Waals surface area (Å²) in [6.45, 7) is 3.41. The van der Waals surface area contributed by atoms with Crippen LogP contribution in [0.1, 0.15) is 88.1 Å². The van der Waals surface area contributed by atoms with Gasteiger partial charge in [-0.2, -0.15) is 0 Å². The lowest BCUT2D eigenvalue weighted by atomic mass is 9.66. The maximum atomic E-state index is 13.7. The zero-order valence-electron chi connectivity index (χ0n) is 24.0. The quantitative estimate of drug-likeness (QED) is 0.217. The average Bonchev–Trinajstić information content (AvgIpc) is 2.94. The molecule has 226 valence electrons. The molecule has 0 amide bonds. The minimum absolute atomic E-state index is 0.0300. The van der Waals surface area contributed by atoms with E-state index in [-0.39, 0.29) is 47.2 Å². The molecule has 1 heterocycles. The van der Waals surface area contributed by atoms with Gasteiger partial charge in [-0.15, -0.1) is 0 Å². The van der Waals surface area contributed by atoms with Gasteiger partial charge in [-0.25, -0.2) is 0 Å². The summed E-state index contributed by atoms with van der Waals surface area (Å²) in [5.41, 5.74) is -4.14. The molecule has 7 atom stereocenters. The number of aliphatic hydroxyl groups is 2. The van der Waals surface area contributed by atoms with E-state index in [0.29, 0.717) is 6.42 Å². The number of ketones is 2. The molecule has 12 nitrogen and oxygen atoms in total. The number of fused-ring (bicyclic) bond motifs is 3. The highest BCUT2D eigenvalue weighted by Crippen LogP contribution is 2.57. The van der Waals surface area contributed by atoms with E-state index in [2.05, 4.69) is 0 Å². The van der Waals surface area contributed by atoms with Crippen molar-refractivity contribution in [1.82, 2.24) is 4.90 Å². The van der Waals surface area contributed by atoms with E-state index in [0.717, 1.165) is 7.11 Å². The van der Waals surface area contributed by atoms with Crippen molar-refractivity contribution in [2.75, 3.05) is 21.2 Å². The first-order valence-electron chi connectivity index (χ1n) is 13.8. The van der Waals surface area contributed by atoms with Crippen LogP contribution in [0.3, 0.4) is 0 Å². The molecule has 0 aromatic heterocycles. The fraction of sp³-hybridized carbons (Fsp3) is 0.500. The molecule has 3 aliphatic rings. The maximum Gasteiger partial charge on any atom is 0.316 e. The number of aromatic hydroxyl groups is 3. The molecule has 2 aromatic carbocycles. The molecule has 0 radical (unpaired) electrons. The molecule has 0 saturated carbocycles. The van der Waals surface area contributed by atoms with Crippen LogP contribution in [0.15, 0.2) is 18.2 Å². The van der Waals surface area contributed by atoms with Crippen LogP contribution in [0.4, 0.5) is 0 Å². The third-order valence-corrected chi connectivity index (χ3v) is 8.80. The molecular formula is C30H35NO11. The van der Waals surface area contributed by atoms with Crippen molar-refractivity contribution in [2.45, 2.75) is 75.3 Å². The van der Waals surface area contributed by atoms with Crippen LogP contribution >= 0.6 is 0 Å². The van der Waals surface area contributed by atoms with Crippen LogP contribution in [0.25, 0.3) is 0 Å². The Bertz CT molecular complexity index is 1470. The van der Waals surface area contributed by atoms with Gasteiger partial charge in [0.25, 0.3) is 0 Å². The Hall–Kier alpha value is -3.55. The summed E-state index contributed by atoms with van der Waals surface area (Å²) < 4.78 is 17.1. The van der Waals surface area contributed by atoms with E-state index in [1.54, 1.807) is 27.9 Å². The zero-order chi connectivity index (χ0) is 30.8. The van der Waals surface area contributed by atoms with Gasteiger partial charge in [0.05, 0.1) is 41.6 Å². The van der Waals surface area contributed by atoms with Crippen LogP contribution in [-0.2, 0) is 19.0 Å². The molecule has 12 heteroatoms. The number of hydrogen-bond acceptors (Lipinski definition) is 12. The number of nitrogens with zero attached hydrogens (tertiary/aromatic N) is 1. The lowest BCUT2D eigenvalue weighted by Crippen LogP contribution is -2.55. The number of phenolic OH excluding ortho intramolecular Hbond substituents is 3. The molecule has 0 bridgehead atoms. The van der Waals surface area contributed by atoms with Crippen molar-refractivity contribution < 1.29 is 54.1 Å². The minimum Gasteiger partial charge on any atom is -0.507 e. The molecule has 5 rings (SSSR count). The van der Waals surface area contributed by atoms with Crippen molar-refractivity contribution in [2.24, 2.45) is 0 Å². The van der Waals surface area contributed by atoms with Gasteiger partial charge in [0.15, 0.2) is 12.1 Å². The number of ether oxygens (including phenoxy) is 3. The number of aliphatic hydroxyl groups excluding tert-OH is 1. The molecule has 1 unspecified atom stereocenters. The second-order valence-corrected chi connectivity index (χ2v) is 11.4. The monoisotopic (exact) mass is 585 g/mol. The summed E-state index contributed by atoms with van der Waals surface area (Å²) in [5, 5.41) is 56.7. The van der Waals surface area contributed by atoms with Crippen molar-refractivity contribution in [3.63, 3.8) is 0 Å². The Morgan fingerprint density at radius 2 is 1.71 bits per heavy atom. The standard InChI is InChI=1S/C30H35NO11/c1-6-30(39)11-16(42-29-24(34)14(31(3)4)10-12(2)41-29)18-19(22(30)28(38)40-5)27(37)20-21(26(18)36)25(35)17-13(23(20)33)8-7-9-15(17)32/h7-9,12,14,16,22,24,29,32,34,36-37,39H,6,10-11H2,1-5H3/t12-,14+,16?,22+,24-,29+,30-/m1/s1. The third kappa shape index (κ3) is 4.36. The lowest BCUT2D eigenvalue weighted by molar-refractivity contribution is -0.276. The molecule has 2 aliphatic carbocycles. The minimum atomic E-state index is -1.90. The fourth-order valence-electron chi connectivity index (χ4n) is 6.60. The molecule has 42 heavy (non-hydrogen) atoms. The van der Waals surface area contributed by atoms with Gasteiger partial charge in [0.2, 0.25) is 5.78 Å². The topological polar surface area (TPSA) is 183 Å². The lowest BCUT2D eigenvalue weighted by Gasteiger charge is -2.46. The Balaban J connectivity index is 1.76. The van der Waals surface area contributed by atoms with Crippen LogP contribution in [0.2, 0.25) is 0 Å². The van der Waals surface area contributed by atoms with Gasteiger partial charge in [0, 0.05) is 29.2 Å². The van der Waals surface area contributed by atoms with Crippen molar-refractivity contribution in [3.8, 4) is 17.2 Å². The van der Waals surface area contributed by atoms with Gasteiger partial charge in [0.1, 0.15) is 29.3 Å². The van der Waals surface area contributed by atoms with Gasteiger partial charge < -0.3 is 44.6 Å². The zero-order valence-corrected chi connectivity index (χ0v) is 24.0. The molecule has 2 aromatic rings. The first kappa shape index (κ1) is 29.9. The van der Waals surface area contributed by atoms with E-state index in [4.69, 9.17) is 14.2 Å². The van der Waals surface area contributed by atoms with Crippen LogP contribution in [0.5, 0.6) is 17.2 Å². The molecule has 1 aliphatic heterocycles. The van der Waals surface area contributed by atoms with Gasteiger partial charge in [-0.1, -0.05) is 19.1 Å². The number of likely N-dealkylation sites (N-methyl/N-ethyl adjacent to an activating group) is 1. The first-order valence-corrected chi connectivity index (χ1v) is 13.8. The third-order valence-electron chi connectivity index (χ3n) is 8.80. The summed E-state index contributed by atoms with van der Waals surface area (Å²) in [4.78, 5) is 42.3. The van der Waals surface area contributed by atoms with Crippen molar-refractivity contribution >= 4 is 17.5 Å². The summed E-state index contributed by atoms with van der Waals surface area (Å²) in [6.07, 6.45) is -3.92.